The summed E-state index contributed by atoms with van der Waals surface area (Å²) in [5, 5.41) is -0.442. The first-order valence-corrected chi connectivity index (χ1v) is 9.93. The number of benzene rings is 2. The number of hydrogen-bond acceptors (Lipinski definition) is 3. The summed E-state index contributed by atoms with van der Waals surface area (Å²) in [5.74, 6) is -0.723. The Labute approximate surface area is 167 Å². The standard InChI is InChI=1S/C18H13ClF4N2O3S/c1-9-2-4-14(20)12(17(9)19)8-24-29(27,28)10-3-5-15-11(6-10)13(18(21,22)23)7-16(26)25-15/h2-7,24H,8H2,1H3,(H,25,26). The molecule has 0 bridgehead atoms. The zero-order valence-electron chi connectivity index (χ0n) is 14.7. The van der Waals surface area contributed by atoms with Gasteiger partial charge in [-0.05, 0) is 36.8 Å². The van der Waals surface area contributed by atoms with Gasteiger partial charge in [-0.25, -0.2) is 17.5 Å². The van der Waals surface area contributed by atoms with Crippen molar-refractivity contribution in [2.24, 2.45) is 0 Å². The van der Waals surface area contributed by atoms with Crippen LogP contribution in [0.4, 0.5) is 17.6 Å². The minimum atomic E-state index is -4.86. The van der Waals surface area contributed by atoms with Gasteiger partial charge in [0.05, 0.1) is 15.5 Å². The van der Waals surface area contributed by atoms with Crippen LogP contribution in [0.15, 0.2) is 46.1 Å². The van der Waals surface area contributed by atoms with E-state index in [1.54, 1.807) is 6.92 Å². The highest BCUT2D eigenvalue weighted by atomic mass is 35.5. The highest BCUT2D eigenvalue weighted by Gasteiger charge is 2.33. The number of aryl methyl sites for hydroxylation is 1. The van der Waals surface area contributed by atoms with Crippen molar-refractivity contribution >= 4 is 32.5 Å². The lowest BCUT2D eigenvalue weighted by atomic mass is 10.1. The molecule has 3 rings (SSSR count). The van der Waals surface area contributed by atoms with Gasteiger partial charge in [0.1, 0.15) is 5.82 Å². The minimum absolute atomic E-state index is 0.0446. The smallest absolute Gasteiger partial charge is 0.322 e. The largest absolute Gasteiger partial charge is 0.417 e. The zero-order chi connectivity index (χ0) is 21.6. The molecule has 0 atom stereocenters. The quantitative estimate of drug-likeness (QED) is 0.589. The molecule has 1 aromatic heterocycles. The van der Waals surface area contributed by atoms with E-state index >= 15 is 0 Å². The van der Waals surface area contributed by atoms with E-state index in [9.17, 15) is 30.8 Å². The highest BCUT2D eigenvalue weighted by Crippen LogP contribution is 2.34. The summed E-state index contributed by atoms with van der Waals surface area (Å²) in [4.78, 5) is 13.2. The Morgan fingerprint density at radius 3 is 2.48 bits per heavy atom. The molecule has 0 aliphatic rings. The fraction of sp³-hybridized carbons (Fsp3) is 0.167. The lowest BCUT2D eigenvalue weighted by molar-refractivity contribution is -0.136. The van der Waals surface area contributed by atoms with Gasteiger partial charge in [-0.1, -0.05) is 17.7 Å². The third-order valence-corrected chi connectivity index (χ3v) is 6.17. The minimum Gasteiger partial charge on any atom is -0.322 e. The van der Waals surface area contributed by atoms with Crippen molar-refractivity contribution < 1.29 is 26.0 Å². The summed E-state index contributed by atoms with van der Waals surface area (Å²) in [6.07, 6.45) is -4.86. The second-order valence-electron chi connectivity index (χ2n) is 6.23. The first-order valence-electron chi connectivity index (χ1n) is 8.07. The molecule has 11 heteroatoms. The average molecular weight is 449 g/mol. The molecular weight excluding hydrogens is 436 g/mol. The third kappa shape index (κ3) is 4.29. The molecule has 1 heterocycles. The molecule has 0 spiro atoms. The van der Waals surface area contributed by atoms with Gasteiger partial charge in [0.15, 0.2) is 0 Å². The van der Waals surface area contributed by atoms with Gasteiger partial charge in [-0.2, -0.15) is 13.2 Å². The zero-order valence-corrected chi connectivity index (χ0v) is 16.3. The van der Waals surface area contributed by atoms with Crippen molar-refractivity contribution in [1.29, 1.82) is 0 Å². The maximum atomic E-state index is 14.0. The third-order valence-electron chi connectivity index (χ3n) is 4.25. The molecule has 0 saturated heterocycles. The first kappa shape index (κ1) is 21.3. The number of alkyl halides is 3. The summed E-state index contributed by atoms with van der Waals surface area (Å²) in [5.41, 5.74) is -1.95. The van der Waals surface area contributed by atoms with Crippen LogP contribution in [0.5, 0.6) is 0 Å². The first-order chi connectivity index (χ1) is 13.4. The summed E-state index contributed by atoms with van der Waals surface area (Å²) in [6.45, 7) is 1.12. The van der Waals surface area contributed by atoms with Crippen molar-refractivity contribution in [3.8, 4) is 0 Å². The predicted molar refractivity (Wildman–Crippen MR) is 99.7 cm³/mol. The predicted octanol–water partition coefficient (Wildman–Crippen LogP) is 4.13. The number of rotatable bonds is 4. The number of nitrogens with one attached hydrogen (secondary N) is 2. The van der Waals surface area contributed by atoms with Gasteiger partial charge >= 0.3 is 6.18 Å². The number of hydrogen-bond donors (Lipinski definition) is 2. The maximum Gasteiger partial charge on any atom is 0.417 e. The van der Waals surface area contributed by atoms with Gasteiger partial charge in [0, 0.05) is 29.1 Å². The molecule has 0 aliphatic heterocycles. The molecule has 29 heavy (non-hydrogen) atoms. The number of fused-ring (bicyclic) bond motifs is 1. The van der Waals surface area contributed by atoms with Gasteiger partial charge in [0.25, 0.3) is 0 Å². The summed E-state index contributed by atoms with van der Waals surface area (Å²) in [6, 6.07) is 5.81. The number of halogens is 5. The van der Waals surface area contributed by atoms with Crippen LogP contribution in [0.2, 0.25) is 5.02 Å². The molecule has 0 radical (unpaired) electrons. The molecular formula is C18H13ClF4N2O3S. The second-order valence-corrected chi connectivity index (χ2v) is 8.38. The van der Waals surface area contributed by atoms with E-state index in [0.29, 0.717) is 11.6 Å². The van der Waals surface area contributed by atoms with Crippen molar-refractivity contribution in [1.82, 2.24) is 9.71 Å². The fourth-order valence-corrected chi connectivity index (χ4v) is 4.00. The summed E-state index contributed by atoms with van der Waals surface area (Å²) in [7, 11) is -4.30. The Hall–Kier alpha value is -2.43. The molecule has 5 nitrogen and oxygen atoms in total. The van der Waals surface area contributed by atoms with E-state index in [2.05, 4.69) is 9.71 Å². The summed E-state index contributed by atoms with van der Waals surface area (Å²) >= 11 is 6.00. The van der Waals surface area contributed by atoms with Crippen LogP contribution < -0.4 is 10.3 Å². The monoisotopic (exact) mass is 448 g/mol. The topological polar surface area (TPSA) is 79.0 Å². The molecule has 154 valence electrons. The van der Waals surface area contributed by atoms with Crippen LogP contribution >= 0.6 is 11.6 Å². The van der Waals surface area contributed by atoms with Crippen molar-refractivity contribution in [3.63, 3.8) is 0 Å². The normalized spacial score (nSPS) is 12.5. The van der Waals surface area contributed by atoms with Crippen LogP contribution in [0.1, 0.15) is 16.7 Å². The molecule has 0 aliphatic carbocycles. The number of H-pyrrole nitrogens is 1. The van der Waals surface area contributed by atoms with Crippen LogP contribution in [-0.4, -0.2) is 13.4 Å². The molecule has 0 amide bonds. The molecule has 2 N–H and O–H groups in total. The van der Waals surface area contributed by atoms with E-state index in [1.165, 1.54) is 6.07 Å². The van der Waals surface area contributed by atoms with Crippen molar-refractivity contribution in [2.45, 2.75) is 24.5 Å². The Balaban J connectivity index is 2.03. The molecule has 0 saturated carbocycles. The Kier molecular flexibility index (Phi) is 5.46. The molecule has 0 unspecified atom stereocenters. The van der Waals surface area contributed by atoms with E-state index in [1.807, 2.05) is 0 Å². The lowest BCUT2D eigenvalue weighted by Crippen LogP contribution is -2.24. The number of aromatic amines is 1. The van der Waals surface area contributed by atoms with E-state index in [0.717, 1.165) is 24.3 Å². The van der Waals surface area contributed by atoms with Gasteiger partial charge in [-0.3, -0.25) is 4.79 Å². The van der Waals surface area contributed by atoms with Crippen LogP contribution in [0, 0.1) is 12.7 Å². The summed E-state index contributed by atoms with van der Waals surface area (Å²) < 4.78 is 80.9. The van der Waals surface area contributed by atoms with Crippen molar-refractivity contribution in [2.75, 3.05) is 0 Å². The average Bonchev–Trinajstić information content (AvgIpc) is 2.63. The van der Waals surface area contributed by atoms with Gasteiger partial charge < -0.3 is 4.98 Å². The van der Waals surface area contributed by atoms with E-state index in [4.69, 9.17) is 11.6 Å². The Bertz CT molecular complexity index is 1270. The lowest BCUT2D eigenvalue weighted by Gasteiger charge is -2.13. The van der Waals surface area contributed by atoms with Crippen molar-refractivity contribution in [3.05, 3.63) is 74.3 Å². The molecule has 3 aromatic rings. The molecule has 0 fully saturated rings. The highest BCUT2D eigenvalue weighted by molar-refractivity contribution is 7.89. The Morgan fingerprint density at radius 1 is 1.14 bits per heavy atom. The maximum absolute atomic E-state index is 14.0. The second kappa shape index (κ2) is 7.43. The van der Waals surface area contributed by atoms with E-state index < -0.39 is 50.0 Å². The van der Waals surface area contributed by atoms with Crippen LogP contribution in [0.3, 0.4) is 0 Å². The number of aromatic nitrogens is 1. The SMILES string of the molecule is Cc1ccc(F)c(CNS(=O)(=O)c2ccc3[nH]c(=O)cc(C(F)(F)F)c3c2)c1Cl. The Morgan fingerprint density at radius 2 is 1.83 bits per heavy atom. The van der Waals surface area contributed by atoms with Crippen LogP contribution in [0.25, 0.3) is 10.9 Å². The number of sulfonamides is 1. The van der Waals surface area contributed by atoms with Crippen LogP contribution in [-0.2, 0) is 22.7 Å². The fourth-order valence-electron chi connectivity index (χ4n) is 2.76. The van der Waals surface area contributed by atoms with Gasteiger partial charge in [-0.15, -0.1) is 0 Å². The van der Waals surface area contributed by atoms with Gasteiger partial charge in [0.2, 0.25) is 15.6 Å². The molecule has 2 aromatic carbocycles. The van der Waals surface area contributed by atoms with E-state index in [-0.39, 0.29) is 16.1 Å². The number of pyridine rings is 1.